The fourth-order valence-electron chi connectivity index (χ4n) is 3.94. The standard InChI is InChI=1S/C26H19Cl3N4O3/c1-18-8-10-21(11-9-18)36-24-22(6-3-7-23(24)33(34)35)25(15-30,16-32-13-12-31-17-32)19-4-2-5-20(14-19)26(27,28)29/h2-14,17H,16H2,1H3. The molecule has 0 saturated heterocycles. The van der Waals surface area contributed by atoms with Gasteiger partial charge in [0.25, 0.3) is 0 Å². The molecule has 0 aliphatic heterocycles. The number of aromatic nitrogens is 2. The van der Waals surface area contributed by atoms with Crippen molar-refractivity contribution in [3.8, 4) is 17.6 Å². The summed E-state index contributed by atoms with van der Waals surface area (Å²) in [6.45, 7) is 1.99. The first kappa shape index (κ1) is 25.5. The number of ether oxygens (including phenoxy) is 1. The molecule has 1 heterocycles. The Bertz CT molecular complexity index is 1430. The van der Waals surface area contributed by atoms with Crippen molar-refractivity contribution in [1.82, 2.24) is 9.55 Å². The lowest BCUT2D eigenvalue weighted by molar-refractivity contribution is -0.385. The molecule has 1 atom stereocenters. The molecule has 0 aliphatic rings. The Labute approximate surface area is 222 Å². The topological polar surface area (TPSA) is 94.0 Å². The summed E-state index contributed by atoms with van der Waals surface area (Å²) < 4.78 is 6.08. The van der Waals surface area contributed by atoms with Gasteiger partial charge in [-0.15, -0.1) is 0 Å². The van der Waals surface area contributed by atoms with Gasteiger partial charge >= 0.3 is 5.69 Å². The number of rotatable bonds is 7. The Morgan fingerprint density at radius 2 is 1.78 bits per heavy atom. The summed E-state index contributed by atoms with van der Waals surface area (Å²) in [5, 5.41) is 22.8. The molecular weight excluding hydrogens is 523 g/mol. The van der Waals surface area contributed by atoms with E-state index in [-0.39, 0.29) is 23.5 Å². The third kappa shape index (κ3) is 5.17. The Kier molecular flexibility index (Phi) is 7.23. The molecule has 1 aromatic heterocycles. The molecule has 182 valence electrons. The van der Waals surface area contributed by atoms with Crippen molar-refractivity contribution in [2.45, 2.75) is 22.7 Å². The van der Waals surface area contributed by atoms with Crippen LogP contribution in [0.3, 0.4) is 0 Å². The van der Waals surface area contributed by atoms with Gasteiger partial charge in [-0.2, -0.15) is 5.26 Å². The number of halogens is 3. The Morgan fingerprint density at radius 1 is 1.08 bits per heavy atom. The summed E-state index contributed by atoms with van der Waals surface area (Å²) in [5.41, 5.74) is 0.350. The number of imidazole rings is 1. The van der Waals surface area contributed by atoms with E-state index in [2.05, 4.69) is 11.1 Å². The molecule has 36 heavy (non-hydrogen) atoms. The van der Waals surface area contributed by atoms with Gasteiger partial charge in [-0.3, -0.25) is 10.1 Å². The number of hydrogen-bond acceptors (Lipinski definition) is 5. The summed E-state index contributed by atoms with van der Waals surface area (Å²) in [4.78, 5) is 15.6. The highest BCUT2D eigenvalue weighted by molar-refractivity contribution is 6.66. The van der Waals surface area contributed by atoms with Crippen LogP contribution in [0.25, 0.3) is 0 Å². The predicted molar refractivity (Wildman–Crippen MR) is 139 cm³/mol. The molecule has 0 fully saturated rings. The Morgan fingerprint density at radius 3 is 2.39 bits per heavy atom. The molecule has 3 aromatic carbocycles. The zero-order chi connectivity index (χ0) is 25.9. The summed E-state index contributed by atoms with van der Waals surface area (Å²) in [6.07, 6.45) is 4.84. The fourth-order valence-corrected chi connectivity index (χ4v) is 4.30. The molecule has 4 aromatic rings. The van der Waals surface area contributed by atoms with Crippen LogP contribution in [0.5, 0.6) is 11.5 Å². The van der Waals surface area contributed by atoms with E-state index in [1.54, 1.807) is 65.8 Å². The van der Waals surface area contributed by atoms with Gasteiger partial charge in [-0.25, -0.2) is 4.98 Å². The number of nitro groups is 1. The number of benzene rings is 3. The van der Waals surface area contributed by atoms with Crippen molar-refractivity contribution in [1.29, 1.82) is 5.26 Å². The second-order valence-electron chi connectivity index (χ2n) is 8.16. The van der Waals surface area contributed by atoms with E-state index in [1.807, 2.05) is 19.1 Å². The van der Waals surface area contributed by atoms with Crippen molar-refractivity contribution < 1.29 is 9.66 Å². The highest BCUT2D eigenvalue weighted by Gasteiger charge is 2.41. The second kappa shape index (κ2) is 10.2. The third-order valence-electron chi connectivity index (χ3n) is 5.74. The number of nitriles is 1. The van der Waals surface area contributed by atoms with Crippen LogP contribution in [0.1, 0.15) is 22.3 Å². The number of para-hydroxylation sites is 1. The molecule has 0 saturated carbocycles. The molecule has 7 nitrogen and oxygen atoms in total. The Hall–Kier alpha value is -3.57. The summed E-state index contributed by atoms with van der Waals surface area (Å²) in [5.74, 6) is 0.341. The molecule has 0 aliphatic carbocycles. The van der Waals surface area contributed by atoms with Crippen molar-refractivity contribution in [3.05, 3.63) is 118 Å². The summed E-state index contributed by atoms with van der Waals surface area (Å²) in [6, 6.07) is 20.6. The van der Waals surface area contributed by atoms with Crippen LogP contribution in [0.4, 0.5) is 5.69 Å². The van der Waals surface area contributed by atoms with Crippen LogP contribution >= 0.6 is 34.8 Å². The normalized spacial score (nSPS) is 13.0. The molecule has 0 bridgehead atoms. The first-order chi connectivity index (χ1) is 17.1. The SMILES string of the molecule is Cc1ccc(Oc2c([N+](=O)[O-])cccc2C(C#N)(Cn2ccnc2)c2cccc(C(Cl)(Cl)Cl)c2)cc1. The highest BCUT2D eigenvalue weighted by Crippen LogP contribution is 2.46. The molecule has 0 radical (unpaired) electrons. The van der Waals surface area contributed by atoms with Gasteiger partial charge in [0.2, 0.25) is 9.54 Å². The number of hydrogen-bond donors (Lipinski definition) is 0. The van der Waals surface area contributed by atoms with Gasteiger partial charge in [0, 0.05) is 29.6 Å². The highest BCUT2D eigenvalue weighted by atomic mass is 35.6. The minimum Gasteiger partial charge on any atom is -0.450 e. The lowest BCUT2D eigenvalue weighted by Gasteiger charge is -2.30. The van der Waals surface area contributed by atoms with E-state index in [1.165, 1.54) is 12.1 Å². The summed E-state index contributed by atoms with van der Waals surface area (Å²) >= 11 is 18.4. The van der Waals surface area contributed by atoms with Crippen molar-refractivity contribution >= 4 is 40.5 Å². The van der Waals surface area contributed by atoms with E-state index >= 15 is 0 Å². The van der Waals surface area contributed by atoms with Crippen LogP contribution in [0.15, 0.2) is 85.5 Å². The number of alkyl halides is 3. The number of aryl methyl sites for hydroxylation is 1. The first-order valence-corrected chi connectivity index (χ1v) is 11.8. The maximum absolute atomic E-state index is 12.0. The zero-order valence-electron chi connectivity index (χ0n) is 18.9. The third-order valence-corrected chi connectivity index (χ3v) is 6.40. The monoisotopic (exact) mass is 540 g/mol. The molecule has 4 rings (SSSR count). The van der Waals surface area contributed by atoms with Crippen LogP contribution in [-0.4, -0.2) is 14.5 Å². The van der Waals surface area contributed by atoms with E-state index in [9.17, 15) is 15.4 Å². The predicted octanol–water partition coefficient (Wildman–Crippen LogP) is 7.23. The quantitative estimate of drug-likeness (QED) is 0.140. The minimum atomic E-state index is -1.74. The number of nitrogens with zero attached hydrogens (tertiary/aromatic N) is 4. The summed E-state index contributed by atoms with van der Waals surface area (Å²) in [7, 11) is 0. The van der Waals surface area contributed by atoms with Crippen LogP contribution in [-0.2, 0) is 15.8 Å². The zero-order valence-corrected chi connectivity index (χ0v) is 21.2. The van der Waals surface area contributed by atoms with E-state index in [4.69, 9.17) is 39.5 Å². The molecule has 1 unspecified atom stereocenters. The van der Waals surface area contributed by atoms with Crippen molar-refractivity contribution in [2.24, 2.45) is 0 Å². The molecule has 0 N–H and O–H groups in total. The van der Waals surface area contributed by atoms with Gasteiger partial charge in [0.15, 0.2) is 0 Å². The van der Waals surface area contributed by atoms with Gasteiger partial charge in [-0.1, -0.05) is 82.8 Å². The van der Waals surface area contributed by atoms with E-state index < -0.39 is 14.1 Å². The average Bonchev–Trinajstić information content (AvgIpc) is 3.37. The minimum absolute atomic E-state index is 0.0488. The van der Waals surface area contributed by atoms with Gasteiger partial charge in [0.05, 0.1) is 23.9 Å². The van der Waals surface area contributed by atoms with Gasteiger partial charge in [-0.05, 0) is 30.7 Å². The van der Waals surface area contributed by atoms with Gasteiger partial charge in [0.1, 0.15) is 11.2 Å². The van der Waals surface area contributed by atoms with Crippen molar-refractivity contribution in [3.63, 3.8) is 0 Å². The first-order valence-electron chi connectivity index (χ1n) is 10.7. The average molecular weight is 542 g/mol. The lowest BCUT2D eigenvalue weighted by atomic mass is 9.74. The van der Waals surface area contributed by atoms with E-state index in [0.29, 0.717) is 16.9 Å². The lowest BCUT2D eigenvalue weighted by Crippen LogP contribution is -2.32. The largest absolute Gasteiger partial charge is 0.450 e. The Balaban J connectivity index is 2.00. The van der Waals surface area contributed by atoms with Crippen LogP contribution in [0, 0.1) is 28.4 Å². The maximum Gasteiger partial charge on any atom is 0.311 e. The van der Waals surface area contributed by atoms with Crippen LogP contribution in [0.2, 0.25) is 0 Å². The fraction of sp³-hybridized carbons (Fsp3) is 0.154. The molecule has 10 heteroatoms. The molecular formula is C26H19Cl3N4O3. The molecule has 0 amide bonds. The van der Waals surface area contributed by atoms with Gasteiger partial charge < -0.3 is 9.30 Å². The second-order valence-corrected chi connectivity index (χ2v) is 10.4. The smallest absolute Gasteiger partial charge is 0.311 e. The van der Waals surface area contributed by atoms with E-state index in [0.717, 1.165) is 5.56 Å². The van der Waals surface area contributed by atoms with Crippen molar-refractivity contribution in [2.75, 3.05) is 0 Å². The number of nitro benzene ring substituents is 1. The molecule has 0 spiro atoms. The van der Waals surface area contributed by atoms with Crippen LogP contribution < -0.4 is 4.74 Å². The maximum atomic E-state index is 12.0.